The molecule has 0 atom stereocenters. The van der Waals surface area contributed by atoms with Gasteiger partial charge in [0.15, 0.2) is 5.13 Å². The second kappa shape index (κ2) is 10.4. The van der Waals surface area contributed by atoms with Crippen molar-refractivity contribution in [2.45, 2.75) is 39.5 Å². The van der Waals surface area contributed by atoms with Crippen LogP contribution in [0.4, 0.5) is 5.13 Å². The minimum Gasteiger partial charge on any atom is -0.302 e. The quantitative estimate of drug-likeness (QED) is 0.381. The number of benzene rings is 2. The lowest BCUT2D eigenvalue weighted by molar-refractivity contribution is 0.0983. The van der Waals surface area contributed by atoms with Crippen molar-refractivity contribution < 1.29 is 4.79 Å². The number of rotatable bonds is 9. The number of aromatic nitrogens is 1. The minimum atomic E-state index is 0.0173. The van der Waals surface area contributed by atoms with Crippen LogP contribution in [0.25, 0.3) is 10.2 Å². The predicted octanol–water partition coefficient (Wildman–Crippen LogP) is 6.01. The molecule has 1 heterocycles. The van der Waals surface area contributed by atoms with Crippen molar-refractivity contribution in [2.24, 2.45) is 0 Å². The van der Waals surface area contributed by atoms with Gasteiger partial charge in [-0.05, 0) is 74.1 Å². The van der Waals surface area contributed by atoms with E-state index in [1.165, 1.54) is 16.0 Å². The van der Waals surface area contributed by atoms with Gasteiger partial charge in [0.05, 0.1) is 10.2 Å². The Kier molecular flexibility index (Phi) is 7.92. The summed E-state index contributed by atoms with van der Waals surface area (Å²) in [5.74, 6) is 1.04. The van der Waals surface area contributed by atoms with E-state index in [0.29, 0.717) is 12.1 Å². The zero-order chi connectivity index (χ0) is 21.7. The molecule has 0 saturated carbocycles. The van der Waals surface area contributed by atoms with Crippen LogP contribution in [0.15, 0.2) is 41.3 Å². The van der Waals surface area contributed by atoms with Gasteiger partial charge in [-0.25, -0.2) is 4.98 Å². The summed E-state index contributed by atoms with van der Waals surface area (Å²) in [7, 11) is 0. The first-order valence-corrected chi connectivity index (χ1v) is 12.4. The van der Waals surface area contributed by atoms with Crippen molar-refractivity contribution in [1.82, 2.24) is 9.88 Å². The Hall–Kier alpha value is -1.89. The second-order valence-corrected chi connectivity index (χ2v) is 9.68. The summed E-state index contributed by atoms with van der Waals surface area (Å²) < 4.78 is 1.16. The highest BCUT2D eigenvalue weighted by molar-refractivity contribution is 7.99. The lowest BCUT2D eigenvalue weighted by Gasteiger charge is -2.24. The van der Waals surface area contributed by atoms with Gasteiger partial charge in [-0.3, -0.25) is 9.69 Å². The van der Waals surface area contributed by atoms with Gasteiger partial charge in [0.1, 0.15) is 0 Å². The fourth-order valence-corrected chi connectivity index (χ4v) is 5.26. The van der Waals surface area contributed by atoms with E-state index >= 15 is 0 Å². The normalized spacial score (nSPS) is 11.4. The summed E-state index contributed by atoms with van der Waals surface area (Å²) in [6, 6.07) is 12.2. The van der Waals surface area contributed by atoms with Gasteiger partial charge >= 0.3 is 0 Å². The zero-order valence-electron chi connectivity index (χ0n) is 18.6. The Bertz CT molecular complexity index is 994. The van der Waals surface area contributed by atoms with Crippen molar-refractivity contribution in [2.75, 3.05) is 36.8 Å². The number of amides is 1. The molecule has 0 bridgehead atoms. The summed E-state index contributed by atoms with van der Waals surface area (Å²) in [5, 5.41) is 0.780. The maximum absolute atomic E-state index is 13.5. The molecule has 0 aliphatic rings. The molecule has 1 aromatic heterocycles. The first kappa shape index (κ1) is 22.8. The molecule has 6 heteroatoms. The Morgan fingerprint density at radius 3 is 2.37 bits per heavy atom. The number of carbonyl (C=O) groups excluding carboxylic acids is 1. The summed E-state index contributed by atoms with van der Waals surface area (Å²) >= 11 is 3.40. The standard InChI is InChI=1S/C24H31N3OS2/c1-6-26(7-2)13-14-27(23(28)19-9-11-20(12-10-19)29-8-3)24-25-21-16-17(4)15-18(5)22(21)30-24/h9-12,15-16H,6-8,13-14H2,1-5H3. The third-order valence-corrected chi connectivity index (χ3v) is 7.36. The zero-order valence-corrected chi connectivity index (χ0v) is 20.2. The third kappa shape index (κ3) is 5.23. The molecule has 0 aliphatic carbocycles. The van der Waals surface area contributed by atoms with E-state index in [1.54, 1.807) is 23.1 Å². The highest BCUT2D eigenvalue weighted by Gasteiger charge is 2.22. The number of hydrogen-bond acceptors (Lipinski definition) is 5. The molecule has 2 aromatic carbocycles. The maximum Gasteiger partial charge on any atom is 0.260 e. The summed E-state index contributed by atoms with van der Waals surface area (Å²) in [6.07, 6.45) is 0. The molecule has 3 aromatic rings. The van der Waals surface area contributed by atoms with E-state index in [0.717, 1.165) is 40.7 Å². The van der Waals surface area contributed by atoms with Crippen LogP contribution in [0, 0.1) is 13.8 Å². The molecule has 0 unspecified atom stereocenters. The minimum absolute atomic E-state index is 0.0173. The topological polar surface area (TPSA) is 36.4 Å². The lowest BCUT2D eigenvalue weighted by Crippen LogP contribution is -2.38. The molecule has 160 valence electrons. The molecule has 0 N–H and O–H groups in total. The predicted molar refractivity (Wildman–Crippen MR) is 131 cm³/mol. The van der Waals surface area contributed by atoms with Gasteiger partial charge in [0.2, 0.25) is 0 Å². The lowest BCUT2D eigenvalue weighted by atomic mass is 10.1. The van der Waals surface area contributed by atoms with Crippen LogP contribution < -0.4 is 4.90 Å². The van der Waals surface area contributed by atoms with Crippen molar-refractivity contribution in [1.29, 1.82) is 0 Å². The maximum atomic E-state index is 13.5. The Morgan fingerprint density at radius 2 is 1.73 bits per heavy atom. The van der Waals surface area contributed by atoms with Crippen molar-refractivity contribution in [3.63, 3.8) is 0 Å². The van der Waals surface area contributed by atoms with Crippen molar-refractivity contribution in [3.8, 4) is 0 Å². The Balaban J connectivity index is 1.95. The molecular weight excluding hydrogens is 410 g/mol. The average molecular weight is 442 g/mol. The summed E-state index contributed by atoms with van der Waals surface area (Å²) in [5.41, 5.74) is 4.10. The Morgan fingerprint density at radius 1 is 1.03 bits per heavy atom. The van der Waals surface area contributed by atoms with Crippen LogP contribution in [0.1, 0.15) is 42.3 Å². The van der Waals surface area contributed by atoms with E-state index in [9.17, 15) is 4.79 Å². The monoisotopic (exact) mass is 441 g/mol. The molecule has 0 fully saturated rings. The summed E-state index contributed by atoms with van der Waals surface area (Å²) in [6.45, 7) is 14.1. The van der Waals surface area contributed by atoms with E-state index in [4.69, 9.17) is 4.98 Å². The van der Waals surface area contributed by atoms with Gasteiger partial charge in [-0.2, -0.15) is 0 Å². The molecule has 0 spiro atoms. The molecule has 0 radical (unpaired) electrons. The number of aryl methyl sites for hydroxylation is 2. The molecular formula is C24H31N3OS2. The smallest absolute Gasteiger partial charge is 0.260 e. The van der Waals surface area contributed by atoms with Crippen molar-refractivity contribution >= 4 is 44.4 Å². The third-order valence-electron chi connectivity index (χ3n) is 5.23. The molecule has 4 nitrogen and oxygen atoms in total. The number of anilines is 1. The average Bonchev–Trinajstić information content (AvgIpc) is 3.16. The molecule has 30 heavy (non-hydrogen) atoms. The fourth-order valence-electron chi connectivity index (χ4n) is 3.56. The van der Waals surface area contributed by atoms with E-state index in [-0.39, 0.29) is 5.91 Å². The van der Waals surface area contributed by atoms with Crippen LogP contribution in [0.3, 0.4) is 0 Å². The number of nitrogens with zero attached hydrogens (tertiary/aromatic N) is 3. The Labute approximate surface area is 188 Å². The van der Waals surface area contributed by atoms with Gasteiger partial charge in [0.25, 0.3) is 5.91 Å². The van der Waals surface area contributed by atoms with Crippen LogP contribution in [-0.2, 0) is 0 Å². The fraction of sp³-hybridized carbons (Fsp3) is 0.417. The second-order valence-electron chi connectivity index (χ2n) is 7.37. The highest BCUT2D eigenvalue weighted by atomic mass is 32.2. The van der Waals surface area contributed by atoms with E-state index < -0.39 is 0 Å². The van der Waals surface area contributed by atoms with Crippen LogP contribution >= 0.6 is 23.1 Å². The number of thiazole rings is 1. The summed E-state index contributed by atoms with van der Waals surface area (Å²) in [4.78, 5) is 23.7. The van der Waals surface area contributed by atoms with E-state index in [2.05, 4.69) is 51.7 Å². The van der Waals surface area contributed by atoms with Gasteiger partial charge < -0.3 is 4.90 Å². The first-order chi connectivity index (χ1) is 14.5. The number of thioether (sulfide) groups is 1. The highest BCUT2D eigenvalue weighted by Crippen LogP contribution is 2.33. The number of fused-ring (bicyclic) bond motifs is 1. The molecule has 0 aliphatic heterocycles. The van der Waals surface area contributed by atoms with Crippen LogP contribution in [0.2, 0.25) is 0 Å². The SMILES string of the molecule is CCSc1ccc(C(=O)N(CCN(CC)CC)c2nc3cc(C)cc(C)c3s2)cc1. The van der Waals surface area contributed by atoms with Crippen molar-refractivity contribution in [3.05, 3.63) is 53.1 Å². The van der Waals surface area contributed by atoms with Gasteiger partial charge in [0, 0.05) is 23.5 Å². The van der Waals surface area contributed by atoms with Crippen LogP contribution in [0.5, 0.6) is 0 Å². The molecule has 3 rings (SSSR count). The van der Waals surface area contributed by atoms with E-state index in [1.807, 2.05) is 29.2 Å². The number of hydrogen-bond donors (Lipinski definition) is 0. The number of likely N-dealkylation sites (N-methyl/N-ethyl adjacent to an activating group) is 1. The molecule has 0 saturated heterocycles. The first-order valence-electron chi connectivity index (χ1n) is 10.6. The molecule has 1 amide bonds. The largest absolute Gasteiger partial charge is 0.302 e. The van der Waals surface area contributed by atoms with Gasteiger partial charge in [-0.15, -0.1) is 11.8 Å². The number of carbonyl (C=O) groups is 1. The van der Waals surface area contributed by atoms with Gasteiger partial charge in [-0.1, -0.05) is 38.2 Å². The van der Waals surface area contributed by atoms with Crippen LogP contribution in [-0.4, -0.2) is 47.7 Å².